The summed E-state index contributed by atoms with van der Waals surface area (Å²) < 4.78 is 4.95. The van der Waals surface area contributed by atoms with E-state index in [2.05, 4.69) is 24.0 Å². The molecule has 0 aliphatic carbocycles. The first-order chi connectivity index (χ1) is 7.20. The zero-order valence-electron chi connectivity index (χ0n) is 8.82. The highest BCUT2D eigenvalue weighted by Gasteiger charge is 2.07. The molecule has 0 fully saturated rings. The third-order valence-corrected chi connectivity index (χ3v) is 2.41. The van der Waals surface area contributed by atoms with Crippen LogP contribution in [0.1, 0.15) is 17.0 Å². The van der Waals surface area contributed by atoms with Gasteiger partial charge in [-0.25, -0.2) is 0 Å². The lowest BCUT2D eigenvalue weighted by molar-refractivity contribution is 0.380. The summed E-state index contributed by atoms with van der Waals surface area (Å²) in [5.74, 6) is 1.06. The molecule has 0 aliphatic rings. The Morgan fingerprint density at radius 1 is 1.27 bits per heavy atom. The van der Waals surface area contributed by atoms with Crippen molar-refractivity contribution in [2.45, 2.75) is 20.4 Å². The lowest BCUT2D eigenvalue weighted by Gasteiger charge is -2.00. The number of nitrogens with two attached hydrogens (primary N) is 1. The largest absolute Gasteiger partial charge is 0.338 e. The Morgan fingerprint density at radius 2 is 2.07 bits per heavy atom. The predicted molar refractivity (Wildman–Crippen MR) is 57.1 cm³/mol. The molecule has 4 heteroatoms. The highest BCUT2D eigenvalue weighted by Crippen LogP contribution is 2.19. The summed E-state index contributed by atoms with van der Waals surface area (Å²) in [5, 5.41) is 3.86. The van der Waals surface area contributed by atoms with E-state index in [1.807, 2.05) is 18.2 Å². The summed E-state index contributed by atoms with van der Waals surface area (Å²) in [6.07, 6.45) is 0. The average Bonchev–Trinajstić information content (AvgIpc) is 2.70. The Hall–Kier alpha value is -1.68. The van der Waals surface area contributed by atoms with Crippen molar-refractivity contribution in [3.63, 3.8) is 0 Å². The summed E-state index contributed by atoms with van der Waals surface area (Å²) in [5.41, 5.74) is 8.82. The molecule has 4 nitrogen and oxygen atoms in total. The van der Waals surface area contributed by atoms with Crippen LogP contribution in [0.5, 0.6) is 0 Å². The van der Waals surface area contributed by atoms with Crippen molar-refractivity contribution in [3.05, 3.63) is 35.2 Å². The van der Waals surface area contributed by atoms with Crippen molar-refractivity contribution in [2.24, 2.45) is 5.73 Å². The van der Waals surface area contributed by atoms with Crippen LogP contribution in [0.2, 0.25) is 0 Å². The SMILES string of the molecule is Cc1ccc(-c2noc(CN)n2)cc1C. The molecule has 2 rings (SSSR count). The van der Waals surface area contributed by atoms with Crippen LogP contribution < -0.4 is 5.73 Å². The molecule has 1 aromatic carbocycles. The molecule has 0 saturated heterocycles. The molecule has 2 N–H and O–H groups in total. The smallest absolute Gasteiger partial charge is 0.240 e. The highest BCUT2D eigenvalue weighted by molar-refractivity contribution is 5.56. The van der Waals surface area contributed by atoms with E-state index in [0.717, 1.165) is 5.56 Å². The summed E-state index contributed by atoms with van der Waals surface area (Å²) >= 11 is 0. The van der Waals surface area contributed by atoms with Crippen LogP contribution in [0.15, 0.2) is 22.7 Å². The Labute approximate surface area is 88.1 Å². The van der Waals surface area contributed by atoms with Gasteiger partial charge in [-0.05, 0) is 31.0 Å². The minimum Gasteiger partial charge on any atom is -0.338 e. The Kier molecular flexibility index (Phi) is 2.51. The lowest BCUT2D eigenvalue weighted by atomic mass is 10.1. The van der Waals surface area contributed by atoms with Crippen LogP contribution in [-0.2, 0) is 6.54 Å². The summed E-state index contributed by atoms with van der Waals surface area (Å²) in [6.45, 7) is 4.40. The van der Waals surface area contributed by atoms with Gasteiger partial charge < -0.3 is 10.3 Å². The molecule has 78 valence electrons. The summed E-state index contributed by atoms with van der Waals surface area (Å²) in [6, 6.07) is 6.07. The minimum atomic E-state index is 0.276. The normalized spacial score (nSPS) is 10.6. The first kappa shape index (κ1) is 9.86. The molecule has 0 radical (unpaired) electrons. The minimum absolute atomic E-state index is 0.276. The van der Waals surface area contributed by atoms with Gasteiger partial charge in [0.25, 0.3) is 0 Å². The van der Waals surface area contributed by atoms with Gasteiger partial charge in [0, 0.05) is 5.56 Å². The maximum absolute atomic E-state index is 5.40. The molecular formula is C11H13N3O. The van der Waals surface area contributed by atoms with Crippen molar-refractivity contribution in [1.82, 2.24) is 10.1 Å². The van der Waals surface area contributed by atoms with Crippen LogP contribution in [0, 0.1) is 13.8 Å². The number of benzene rings is 1. The third kappa shape index (κ3) is 1.89. The van der Waals surface area contributed by atoms with Gasteiger partial charge in [0.1, 0.15) is 0 Å². The van der Waals surface area contributed by atoms with E-state index in [-0.39, 0.29) is 6.54 Å². The van der Waals surface area contributed by atoms with Crippen LogP contribution in [0.3, 0.4) is 0 Å². The first-order valence-electron chi connectivity index (χ1n) is 4.81. The van der Waals surface area contributed by atoms with Crippen LogP contribution in [0.4, 0.5) is 0 Å². The van der Waals surface area contributed by atoms with Crippen molar-refractivity contribution in [1.29, 1.82) is 0 Å². The highest BCUT2D eigenvalue weighted by atomic mass is 16.5. The molecule has 0 spiro atoms. The molecule has 0 unspecified atom stereocenters. The maximum atomic E-state index is 5.40. The van der Waals surface area contributed by atoms with E-state index in [0.29, 0.717) is 11.7 Å². The number of nitrogens with zero attached hydrogens (tertiary/aromatic N) is 2. The van der Waals surface area contributed by atoms with E-state index in [1.165, 1.54) is 11.1 Å². The molecule has 0 saturated carbocycles. The van der Waals surface area contributed by atoms with Gasteiger partial charge in [0.2, 0.25) is 11.7 Å². The Balaban J connectivity index is 2.40. The predicted octanol–water partition coefficient (Wildman–Crippen LogP) is 1.81. The molecule has 1 heterocycles. The third-order valence-electron chi connectivity index (χ3n) is 2.41. The van der Waals surface area contributed by atoms with E-state index in [4.69, 9.17) is 10.3 Å². The van der Waals surface area contributed by atoms with Gasteiger partial charge in [-0.15, -0.1) is 0 Å². The van der Waals surface area contributed by atoms with Crippen LogP contribution >= 0.6 is 0 Å². The quantitative estimate of drug-likeness (QED) is 0.808. The molecule has 15 heavy (non-hydrogen) atoms. The second kappa shape index (κ2) is 3.82. The maximum Gasteiger partial charge on any atom is 0.240 e. The monoisotopic (exact) mass is 203 g/mol. The van der Waals surface area contributed by atoms with Gasteiger partial charge in [-0.2, -0.15) is 4.98 Å². The lowest BCUT2D eigenvalue weighted by Crippen LogP contribution is -1.95. The zero-order chi connectivity index (χ0) is 10.8. The first-order valence-corrected chi connectivity index (χ1v) is 4.81. The molecule has 0 aliphatic heterocycles. The number of aryl methyl sites for hydroxylation is 2. The molecule has 2 aromatic rings. The fourth-order valence-electron chi connectivity index (χ4n) is 1.34. The number of hydrogen-bond donors (Lipinski definition) is 1. The topological polar surface area (TPSA) is 64.9 Å². The molecule has 1 aromatic heterocycles. The van der Waals surface area contributed by atoms with Crippen molar-refractivity contribution in [3.8, 4) is 11.4 Å². The second-order valence-electron chi connectivity index (χ2n) is 3.51. The van der Waals surface area contributed by atoms with Gasteiger partial charge in [-0.1, -0.05) is 17.3 Å². The van der Waals surface area contributed by atoms with Crippen LogP contribution in [0.25, 0.3) is 11.4 Å². The summed E-state index contributed by atoms with van der Waals surface area (Å²) in [7, 11) is 0. The number of rotatable bonds is 2. The molecule has 0 bridgehead atoms. The standard InChI is InChI=1S/C11H13N3O/c1-7-3-4-9(5-8(7)2)11-13-10(6-12)15-14-11/h3-5H,6,12H2,1-2H3. The van der Waals surface area contributed by atoms with E-state index in [1.54, 1.807) is 0 Å². The Bertz CT molecular complexity index is 476. The number of aromatic nitrogens is 2. The van der Waals surface area contributed by atoms with Gasteiger partial charge in [0.15, 0.2) is 0 Å². The van der Waals surface area contributed by atoms with Gasteiger partial charge >= 0.3 is 0 Å². The second-order valence-corrected chi connectivity index (χ2v) is 3.51. The number of hydrogen-bond acceptors (Lipinski definition) is 4. The molecule has 0 amide bonds. The van der Waals surface area contributed by atoms with Crippen molar-refractivity contribution in [2.75, 3.05) is 0 Å². The van der Waals surface area contributed by atoms with E-state index < -0.39 is 0 Å². The fourth-order valence-corrected chi connectivity index (χ4v) is 1.34. The van der Waals surface area contributed by atoms with Gasteiger partial charge in [0.05, 0.1) is 6.54 Å². The summed E-state index contributed by atoms with van der Waals surface area (Å²) in [4.78, 5) is 4.17. The van der Waals surface area contributed by atoms with Gasteiger partial charge in [-0.3, -0.25) is 0 Å². The van der Waals surface area contributed by atoms with E-state index in [9.17, 15) is 0 Å². The van der Waals surface area contributed by atoms with Crippen LogP contribution in [-0.4, -0.2) is 10.1 Å². The zero-order valence-corrected chi connectivity index (χ0v) is 8.82. The Morgan fingerprint density at radius 3 is 2.67 bits per heavy atom. The van der Waals surface area contributed by atoms with Crippen molar-refractivity contribution >= 4 is 0 Å². The van der Waals surface area contributed by atoms with Crippen molar-refractivity contribution < 1.29 is 4.52 Å². The molecule has 0 atom stereocenters. The average molecular weight is 203 g/mol. The fraction of sp³-hybridized carbons (Fsp3) is 0.273. The molecular weight excluding hydrogens is 190 g/mol. The van der Waals surface area contributed by atoms with E-state index >= 15 is 0 Å².